The summed E-state index contributed by atoms with van der Waals surface area (Å²) in [5.41, 5.74) is -5.11. The minimum Gasteiger partial charge on any atom is -0.458 e. The zero-order valence-corrected chi connectivity index (χ0v) is 13.4. The summed E-state index contributed by atoms with van der Waals surface area (Å²) < 4.78 is 83.4. The molecule has 3 fully saturated rings. The summed E-state index contributed by atoms with van der Waals surface area (Å²) in [5, 5.41) is 9.52. The van der Waals surface area contributed by atoms with E-state index in [4.69, 9.17) is 4.74 Å². The zero-order valence-electron chi connectivity index (χ0n) is 13.4. The molecule has 0 aromatic rings. The first-order valence-electron chi connectivity index (χ1n) is 7.97. The van der Waals surface area contributed by atoms with Crippen LogP contribution in [0.2, 0.25) is 0 Å². The van der Waals surface area contributed by atoms with Gasteiger partial charge in [0.1, 0.15) is 6.10 Å². The molecule has 142 valence electrons. The van der Waals surface area contributed by atoms with Gasteiger partial charge in [-0.3, -0.25) is 0 Å². The van der Waals surface area contributed by atoms with Gasteiger partial charge in [0.15, 0.2) is 0 Å². The lowest BCUT2D eigenvalue weighted by molar-refractivity contribution is -0.374. The fraction of sp³-hybridized carbons (Fsp3) is 0.812. The standard InChI is InChI=1S/C16H18F6O3/c1-7(2)12(23)25-11-8(10-6-13(10)4-3-9(11)13)5-14(24,15(17,18)19)16(20,21)22/h8-11,24H,1,3-6H2,2H3. The molecule has 0 amide bonds. The van der Waals surface area contributed by atoms with Crippen molar-refractivity contribution in [2.24, 2.45) is 23.2 Å². The van der Waals surface area contributed by atoms with Crippen LogP contribution in [0.3, 0.4) is 0 Å². The molecule has 0 aromatic carbocycles. The number of halogens is 6. The number of carbonyl (C=O) groups is 1. The van der Waals surface area contributed by atoms with Crippen molar-refractivity contribution in [3.8, 4) is 0 Å². The van der Waals surface area contributed by atoms with Crippen molar-refractivity contribution in [2.75, 3.05) is 0 Å². The number of ether oxygens (including phenoxy) is 1. The number of hydrogen-bond donors (Lipinski definition) is 1. The summed E-state index contributed by atoms with van der Waals surface area (Å²) in [5.74, 6) is -2.63. The predicted molar refractivity (Wildman–Crippen MR) is 73.1 cm³/mol. The van der Waals surface area contributed by atoms with Crippen LogP contribution in [-0.4, -0.2) is 35.1 Å². The smallest absolute Gasteiger partial charge is 0.426 e. The van der Waals surface area contributed by atoms with E-state index in [0.717, 1.165) is 0 Å². The lowest BCUT2D eigenvalue weighted by Crippen LogP contribution is -2.58. The summed E-state index contributed by atoms with van der Waals surface area (Å²) in [7, 11) is 0. The van der Waals surface area contributed by atoms with Crippen molar-refractivity contribution in [2.45, 2.75) is 56.7 Å². The van der Waals surface area contributed by atoms with E-state index in [2.05, 4.69) is 6.58 Å². The molecule has 0 aliphatic heterocycles. The molecule has 3 rings (SSSR count). The van der Waals surface area contributed by atoms with E-state index >= 15 is 0 Å². The Morgan fingerprint density at radius 2 is 1.76 bits per heavy atom. The van der Waals surface area contributed by atoms with E-state index in [1.54, 1.807) is 0 Å². The third-order valence-corrected chi connectivity index (χ3v) is 6.23. The Morgan fingerprint density at radius 1 is 1.20 bits per heavy atom. The molecule has 0 saturated heterocycles. The summed E-state index contributed by atoms with van der Waals surface area (Å²) in [6.07, 6.45) is -12.5. The van der Waals surface area contributed by atoms with Crippen LogP contribution >= 0.6 is 0 Å². The normalized spacial score (nSPS) is 37.0. The van der Waals surface area contributed by atoms with E-state index < -0.39 is 42.4 Å². The summed E-state index contributed by atoms with van der Waals surface area (Å²) >= 11 is 0. The predicted octanol–water partition coefficient (Wildman–Crippen LogP) is 3.77. The summed E-state index contributed by atoms with van der Waals surface area (Å²) in [6.45, 7) is 4.73. The van der Waals surface area contributed by atoms with Gasteiger partial charge in [-0.05, 0) is 37.5 Å². The monoisotopic (exact) mass is 372 g/mol. The highest BCUT2D eigenvalue weighted by atomic mass is 19.4. The number of alkyl halides is 6. The Balaban J connectivity index is 1.88. The molecular weight excluding hydrogens is 354 g/mol. The first kappa shape index (κ1) is 18.5. The van der Waals surface area contributed by atoms with Gasteiger partial charge in [0.25, 0.3) is 5.60 Å². The zero-order chi connectivity index (χ0) is 19.0. The van der Waals surface area contributed by atoms with Gasteiger partial charge in [-0.15, -0.1) is 0 Å². The van der Waals surface area contributed by atoms with Gasteiger partial charge in [0.2, 0.25) is 0 Å². The highest BCUT2D eigenvalue weighted by Gasteiger charge is 2.79. The molecule has 0 radical (unpaired) electrons. The van der Waals surface area contributed by atoms with E-state index in [-0.39, 0.29) is 22.8 Å². The lowest BCUT2D eigenvalue weighted by atomic mass is 9.70. The van der Waals surface area contributed by atoms with Crippen LogP contribution in [0.1, 0.15) is 32.6 Å². The van der Waals surface area contributed by atoms with Gasteiger partial charge in [-0.2, -0.15) is 26.3 Å². The third kappa shape index (κ3) is 2.49. The Morgan fingerprint density at radius 3 is 2.16 bits per heavy atom. The van der Waals surface area contributed by atoms with E-state index in [1.807, 2.05) is 0 Å². The molecule has 5 atom stereocenters. The average Bonchev–Trinajstić information content (AvgIpc) is 3.14. The molecule has 5 unspecified atom stereocenters. The maximum Gasteiger partial charge on any atom is 0.426 e. The Labute approximate surface area is 140 Å². The van der Waals surface area contributed by atoms with Crippen LogP contribution < -0.4 is 0 Å². The number of rotatable bonds is 4. The fourth-order valence-corrected chi connectivity index (χ4v) is 4.73. The number of aliphatic hydroxyl groups is 1. The molecule has 1 N–H and O–H groups in total. The van der Waals surface area contributed by atoms with Gasteiger partial charge in [0.05, 0.1) is 0 Å². The second-order valence-corrected chi connectivity index (χ2v) is 7.56. The molecule has 3 nitrogen and oxygen atoms in total. The quantitative estimate of drug-likeness (QED) is 0.464. The molecule has 3 aliphatic carbocycles. The van der Waals surface area contributed by atoms with Crippen molar-refractivity contribution in [3.63, 3.8) is 0 Å². The van der Waals surface area contributed by atoms with E-state index in [9.17, 15) is 36.2 Å². The molecule has 3 aliphatic rings. The Hall–Kier alpha value is -1.25. The van der Waals surface area contributed by atoms with Gasteiger partial charge in [0, 0.05) is 23.8 Å². The van der Waals surface area contributed by atoms with Gasteiger partial charge < -0.3 is 9.84 Å². The average molecular weight is 372 g/mol. The topological polar surface area (TPSA) is 46.5 Å². The molecule has 1 spiro atoms. The minimum atomic E-state index is -5.86. The summed E-state index contributed by atoms with van der Waals surface area (Å²) in [4.78, 5) is 11.8. The Kier molecular flexibility index (Phi) is 3.81. The molecule has 9 heteroatoms. The number of carbonyl (C=O) groups excluding carboxylic acids is 1. The number of hydrogen-bond acceptors (Lipinski definition) is 3. The summed E-state index contributed by atoms with van der Waals surface area (Å²) in [6, 6.07) is 0. The molecular formula is C16H18F6O3. The van der Waals surface area contributed by atoms with Crippen molar-refractivity contribution in [3.05, 3.63) is 12.2 Å². The highest BCUT2D eigenvalue weighted by molar-refractivity contribution is 5.87. The first-order valence-corrected chi connectivity index (χ1v) is 7.97. The van der Waals surface area contributed by atoms with Crippen molar-refractivity contribution in [1.29, 1.82) is 0 Å². The van der Waals surface area contributed by atoms with Gasteiger partial charge >= 0.3 is 18.3 Å². The second kappa shape index (κ2) is 5.14. The molecule has 3 saturated carbocycles. The van der Waals surface area contributed by atoms with Crippen LogP contribution in [0.25, 0.3) is 0 Å². The van der Waals surface area contributed by atoms with Gasteiger partial charge in [-0.25, -0.2) is 4.79 Å². The SMILES string of the molecule is C=C(C)C(=O)OC1C(CC(O)(C(F)(F)F)C(F)(F)F)C2CC23CCC13. The van der Waals surface area contributed by atoms with Crippen LogP contribution in [0.15, 0.2) is 12.2 Å². The van der Waals surface area contributed by atoms with E-state index in [1.165, 1.54) is 6.92 Å². The fourth-order valence-electron chi connectivity index (χ4n) is 4.73. The maximum atomic E-state index is 13.0. The van der Waals surface area contributed by atoms with Crippen molar-refractivity contribution >= 4 is 5.97 Å². The van der Waals surface area contributed by atoms with Crippen molar-refractivity contribution in [1.82, 2.24) is 0 Å². The number of esters is 1. The minimum absolute atomic E-state index is 0.0228. The molecule has 0 bridgehead atoms. The van der Waals surface area contributed by atoms with E-state index in [0.29, 0.717) is 19.3 Å². The molecule has 0 heterocycles. The van der Waals surface area contributed by atoms with Crippen molar-refractivity contribution < 1.29 is 41.0 Å². The third-order valence-electron chi connectivity index (χ3n) is 6.23. The molecule has 25 heavy (non-hydrogen) atoms. The van der Waals surface area contributed by atoms with Crippen LogP contribution in [0, 0.1) is 23.2 Å². The Bertz CT molecular complexity index is 596. The second-order valence-electron chi connectivity index (χ2n) is 7.56. The van der Waals surface area contributed by atoms with Crippen LogP contribution in [-0.2, 0) is 9.53 Å². The highest BCUT2D eigenvalue weighted by Crippen LogP contribution is 2.79. The van der Waals surface area contributed by atoms with Crippen LogP contribution in [0.5, 0.6) is 0 Å². The largest absolute Gasteiger partial charge is 0.458 e. The lowest BCUT2D eigenvalue weighted by Gasteiger charge is -2.40. The maximum absolute atomic E-state index is 13.0. The van der Waals surface area contributed by atoms with Gasteiger partial charge in [-0.1, -0.05) is 6.58 Å². The first-order chi connectivity index (χ1) is 11.2. The molecule has 0 aromatic heterocycles. The van der Waals surface area contributed by atoms with Crippen LogP contribution in [0.4, 0.5) is 26.3 Å².